The summed E-state index contributed by atoms with van der Waals surface area (Å²) in [5, 5.41) is 8.62. The second-order valence-corrected chi connectivity index (χ2v) is 4.78. The van der Waals surface area contributed by atoms with Gasteiger partial charge in [-0.1, -0.05) is 6.07 Å². The van der Waals surface area contributed by atoms with Gasteiger partial charge in [0.2, 0.25) is 0 Å². The van der Waals surface area contributed by atoms with Gasteiger partial charge in [-0.3, -0.25) is 9.59 Å². The molecule has 1 N–H and O–H groups in total. The molecule has 92 valence electrons. The van der Waals surface area contributed by atoms with E-state index in [1.165, 1.54) is 0 Å². The van der Waals surface area contributed by atoms with Crippen molar-refractivity contribution in [2.45, 2.75) is 13.3 Å². The van der Waals surface area contributed by atoms with Gasteiger partial charge in [0.05, 0.1) is 6.42 Å². The molecule has 0 bridgehead atoms. The SMILES string of the molecule is CCN(CCC(=O)O)C(=O)c1cccc(I)c1. The molecule has 1 aromatic carbocycles. The average molecular weight is 347 g/mol. The van der Waals surface area contributed by atoms with Crippen molar-refractivity contribution >= 4 is 34.5 Å². The zero-order valence-electron chi connectivity index (χ0n) is 9.52. The molecular formula is C12H14INO3. The van der Waals surface area contributed by atoms with Gasteiger partial charge in [-0.05, 0) is 47.7 Å². The van der Waals surface area contributed by atoms with E-state index < -0.39 is 5.97 Å². The molecule has 0 aliphatic heterocycles. The van der Waals surface area contributed by atoms with E-state index in [1.54, 1.807) is 17.0 Å². The third kappa shape index (κ3) is 4.33. The number of amides is 1. The van der Waals surface area contributed by atoms with E-state index in [1.807, 2.05) is 19.1 Å². The standard InChI is InChI=1S/C12H14INO3/c1-2-14(7-6-11(15)16)12(17)9-4-3-5-10(13)8-9/h3-5,8H,2,6-7H2,1H3,(H,15,16). The summed E-state index contributed by atoms with van der Waals surface area (Å²) in [6, 6.07) is 7.27. The van der Waals surface area contributed by atoms with Crippen molar-refractivity contribution in [3.05, 3.63) is 33.4 Å². The molecule has 4 nitrogen and oxygen atoms in total. The van der Waals surface area contributed by atoms with Gasteiger partial charge >= 0.3 is 5.97 Å². The number of carbonyl (C=O) groups is 2. The number of carbonyl (C=O) groups excluding carboxylic acids is 1. The number of hydrogen-bond donors (Lipinski definition) is 1. The van der Waals surface area contributed by atoms with Crippen LogP contribution in [0.3, 0.4) is 0 Å². The predicted octanol–water partition coefficient (Wildman–Crippen LogP) is 2.23. The summed E-state index contributed by atoms with van der Waals surface area (Å²) in [5.41, 5.74) is 0.601. The normalized spacial score (nSPS) is 10.0. The molecule has 0 atom stereocenters. The first kappa shape index (κ1) is 14.0. The minimum absolute atomic E-state index is 0.0243. The third-order valence-corrected chi connectivity index (χ3v) is 3.01. The van der Waals surface area contributed by atoms with E-state index in [-0.39, 0.29) is 18.9 Å². The Morgan fingerprint density at radius 1 is 1.41 bits per heavy atom. The summed E-state index contributed by atoms with van der Waals surface area (Å²) in [6.45, 7) is 2.60. The Bertz CT molecular complexity index is 420. The highest BCUT2D eigenvalue weighted by Crippen LogP contribution is 2.10. The highest BCUT2D eigenvalue weighted by molar-refractivity contribution is 14.1. The lowest BCUT2D eigenvalue weighted by Crippen LogP contribution is -2.32. The van der Waals surface area contributed by atoms with Crippen molar-refractivity contribution in [1.29, 1.82) is 0 Å². The van der Waals surface area contributed by atoms with E-state index in [2.05, 4.69) is 22.6 Å². The molecule has 0 unspecified atom stereocenters. The zero-order valence-corrected chi connectivity index (χ0v) is 11.7. The van der Waals surface area contributed by atoms with Crippen LogP contribution >= 0.6 is 22.6 Å². The van der Waals surface area contributed by atoms with Crippen LogP contribution in [0.1, 0.15) is 23.7 Å². The Hall–Kier alpha value is -1.11. The van der Waals surface area contributed by atoms with Gasteiger partial charge in [0.1, 0.15) is 0 Å². The molecule has 1 amide bonds. The number of aliphatic carboxylic acids is 1. The molecule has 0 saturated carbocycles. The maximum absolute atomic E-state index is 12.1. The van der Waals surface area contributed by atoms with Crippen LogP contribution in [0.25, 0.3) is 0 Å². The van der Waals surface area contributed by atoms with Crippen LogP contribution in [0.5, 0.6) is 0 Å². The van der Waals surface area contributed by atoms with Crippen molar-refractivity contribution in [3.63, 3.8) is 0 Å². The first-order valence-electron chi connectivity index (χ1n) is 5.31. The molecule has 0 aliphatic rings. The quantitative estimate of drug-likeness (QED) is 0.831. The zero-order chi connectivity index (χ0) is 12.8. The largest absolute Gasteiger partial charge is 0.481 e. The molecule has 1 aromatic rings. The molecule has 17 heavy (non-hydrogen) atoms. The van der Waals surface area contributed by atoms with Gasteiger partial charge in [-0.2, -0.15) is 0 Å². The number of nitrogens with zero attached hydrogens (tertiary/aromatic N) is 1. The number of carboxylic acids is 1. The van der Waals surface area contributed by atoms with Crippen molar-refractivity contribution in [2.24, 2.45) is 0 Å². The summed E-state index contributed by atoms with van der Waals surface area (Å²) >= 11 is 2.14. The van der Waals surface area contributed by atoms with E-state index in [0.717, 1.165) is 3.57 Å². The van der Waals surface area contributed by atoms with Crippen LogP contribution in [-0.2, 0) is 4.79 Å². The predicted molar refractivity (Wildman–Crippen MR) is 73.0 cm³/mol. The topological polar surface area (TPSA) is 57.6 Å². The van der Waals surface area contributed by atoms with Crippen LogP contribution in [0.15, 0.2) is 24.3 Å². The smallest absolute Gasteiger partial charge is 0.305 e. The molecular weight excluding hydrogens is 333 g/mol. The monoisotopic (exact) mass is 347 g/mol. The molecule has 1 rings (SSSR count). The van der Waals surface area contributed by atoms with Crippen LogP contribution in [0, 0.1) is 3.57 Å². The fraction of sp³-hybridized carbons (Fsp3) is 0.333. The summed E-state index contributed by atoms with van der Waals surface area (Å²) < 4.78 is 0.989. The Kier molecular flexibility index (Phi) is 5.40. The van der Waals surface area contributed by atoms with Gasteiger partial charge in [0, 0.05) is 22.2 Å². The maximum Gasteiger partial charge on any atom is 0.305 e. The molecule has 0 aliphatic carbocycles. The minimum atomic E-state index is -0.890. The second kappa shape index (κ2) is 6.58. The van der Waals surface area contributed by atoms with Crippen LogP contribution in [0.2, 0.25) is 0 Å². The van der Waals surface area contributed by atoms with Gasteiger partial charge in [0.15, 0.2) is 0 Å². The number of carboxylic acid groups (broad SMARTS) is 1. The lowest BCUT2D eigenvalue weighted by Gasteiger charge is -2.20. The van der Waals surface area contributed by atoms with Gasteiger partial charge in [-0.15, -0.1) is 0 Å². The first-order chi connectivity index (χ1) is 8.04. The molecule has 0 spiro atoms. The van der Waals surface area contributed by atoms with Crippen LogP contribution < -0.4 is 0 Å². The molecule has 0 fully saturated rings. The number of hydrogen-bond acceptors (Lipinski definition) is 2. The van der Waals surface area contributed by atoms with Crippen molar-refractivity contribution < 1.29 is 14.7 Å². The molecule has 0 heterocycles. The Balaban J connectivity index is 2.75. The number of rotatable bonds is 5. The summed E-state index contributed by atoms with van der Waals surface area (Å²) in [7, 11) is 0. The highest BCUT2D eigenvalue weighted by Gasteiger charge is 2.15. The van der Waals surface area contributed by atoms with E-state index in [0.29, 0.717) is 12.1 Å². The van der Waals surface area contributed by atoms with E-state index in [4.69, 9.17) is 5.11 Å². The van der Waals surface area contributed by atoms with Crippen LogP contribution in [0.4, 0.5) is 0 Å². The van der Waals surface area contributed by atoms with Gasteiger partial charge in [-0.25, -0.2) is 0 Å². The lowest BCUT2D eigenvalue weighted by molar-refractivity contribution is -0.137. The van der Waals surface area contributed by atoms with E-state index in [9.17, 15) is 9.59 Å². The van der Waals surface area contributed by atoms with Gasteiger partial charge in [0.25, 0.3) is 5.91 Å². The molecule has 0 radical (unpaired) electrons. The lowest BCUT2D eigenvalue weighted by atomic mass is 10.2. The summed E-state index contributed by atoms with van der Waals surface area (Å²) in [6.07, 6.45) is -0.0243. The molecule has 5 heteroatoms. The summed E-state index contributed by atoms with van der Waals surface area (Å²) in [5.74, 6) is -1.01. The average Bonchev–Trinajstić information content (AvgIpc) is 2.29. The number of halogens is 1. The molecule has 0 aromatic heterocycles. The summed E-state index contributed by atoms with van der Waals surface area (Å²) in [4.78, 5) is 24.1. The van der Waals surface area contributed by atoms with Gasteiger partial charge < -0.3 is 10.0 Å². The Morgan fingerprint density at radius 2 is 2.12 bits per heavy atom. The fourth-order valence-electron chi connectivity index (χ4n) is 1.44. The highest BCUT2D eigenvalue weighted by atomic mass is 127. The minimum Gasteiger partial charge on any atom is -0.481 e. The van der Waals surface area contributed by atoms with E-state index >= 15 is 0 Å². The van der Waals surface area contributed by atoms with Crippen molar-refractivity contribution in [3.8, 4) is 0 Å². The third-order valence-electron chi connectivity index (χ3n) is 2.34. The number of benzene rings is 1. The Morgan fingerprint density at radius 3 is 2.65 bits per heavy atom. The molecule has 0 saturated heterocycles. The Labute approximate surface area is 114 Å². The second-order valence-electron chi connectivity index (χ2n) is 3.54. The fourth-order valence-corrected chi connectivity index (χ4v) is 1.98. The maximum atomic E-state index is 12.1. The van der Waals surface area contributed by atoms with Crippen molar-refractivity contribution in [2.75, 3.05) is 13.1 Å². The van der Waals surface area contributed by atoms with Crippen molar-refractivity contribution in [1.82, 2.24) is 4.90 Å². The first-order valence-corrected chi connectivity index (χ1v) is 6.39. The van der Waals surface area contributed by atoms with Crippen LogP contribution in [-0.4, -0.2) is 35.0 Å².